The highest BCUT2D eigenvalue weighted by molar-refractivity contribution is 7.81. The first-order chi connectivity index (χ1) is 13.8. The SMILES string of the molecule is O=C(O)Cc1cc(F)ccc1N(c1ccc2c(c1C(=O)O)OCC1CC21)S(=O)[O-]. The molecule has 152 valence electrons. The molecule has 2 aromatic carbocycles. The minimum absolute atomic E-state index is 0.112. The molecule has 4 rings (SSSR count). The third-order valence-electron chi connectivity index (χ3n) is 5.11. The van der Waals surface area contributed by atoms with E-state index in [1.54, 1.807) is 6.07 Å². The molecule has 3 atom stereocenters. The second-order valence-corrected chi connectivity index (χ2v) is 7.75. The molecule has 1 fully saturated rings. The molecule has 8 nitrogen and oxygen atoms in total. The molecular weight excluding hydrogens is 405 g/mol. The van der Waals surface area contributed by atoms with Crippen LogP contribution in [0.5, 0.6) is 5.75 Å². The smallest absolute Gasteiger partial charge is 0.341 e. The molecule has 1 aliphatic carbocycles. The fourth-order valence-electron chi connectivity index (χ4n) is 3.76. The van der Waals surface area contributed by atoms with Gasteiger partial charge in [-0.1, -0.05) is 6.07 Å². The van der Waals surface area contributed by atoms with Gasteiger partial charge in [0.05, 0.1) is 35.7 Å². The van der Waals surface area contributed by atoms with Gasteiger partial charge in [-0.3, -0.25) is 13.3 Å². The van der Waals surface area contributed by atoms with E-state index in [9.17, 15) is 27.8 Å². The van der Waals surface area contributed by atoms with Crippen molar-refractivity contribution >= 4 is 34.6 Å². The van der Waals surface area contributed by atoms with Crippen LogP contribution in [0.15, 0.2) is 30.3 Å². The summed E-state index contributed by atoms with van der Waals surface area (Å²) in [6.07, 6.45) is 0.234. The number of carboxylic acids is 2. The number of nitrogens with zero attached hydrogens (tertiary/aromatic N) is 1. The number of aliphatic carboxylic acids is 1. The Morgan fingerprint density at radius 1 is 1.24 bits per heavy atom. The van der Waals surface area contributed by atoms with Crippen LogP contribution in [0, 0.1) is 11.7 Å². The summed E-state index contributed by atoms with van der Waals surface area (Å²) in [7, 11) is 0. The average Bonchev–Trinajstić information content (AvgIpc) is 3.42. The van der Waals surface area contributed by atoms with Crippen LogP contribution in [-0.4, -0.2) is 37.5 Å². The first kappa shape index (κ1) is 19.3. The van der Waals surface area contributed by atoms with Crippen LogP contribution in [0.25, 0.3) is 0 Å². The number of hydrogen-bond donors (Lipinski definition) is 2. The van der Waals surface area contributed by atoms with Gasteiger partial charge in [0.2, 0.25) is 0 Å². The van der Waals surface area contributed by atoms with Gasteiger partial charge in [-0.25, -0.2) is 9.18 Å². The number of hydrogen-bond acceptors (Lipinski definition) is 5. The molecule has 1 saturated carbocycles. The maximum Gasteiger partial charge on any atom is 0.341 e. The van der Waals surface area contributed by atoms with E-state index < -0.39 is 35.4 Å². The molecule has 10 heteroatoms. The zero-order valence-electron chi connectivity index (χ0n) is 14.8. The Balaban J connectivity index is 1.91. The van der Waals surface area contributed by atoms with Gasteiger partial charge in [0.15, 0.2) is 0 Å². The number of anilines is 2. The van der Waals surface area contributed by atoms with Crippen LogP contribution in [0.1, 0.15) is 33.8 Å². The minimum atomic E-state index is -3.01. The zero-order chi connectivity index (χ0) is 20.9. The monoisotopic (exact) mass is 420 g/mol. The number of carboxylic acid groups (broad SMARTS) is 2. The van der Waals surface area contributed by atoms with Crippen LogP contribution in [0.2, 0.25) is 0 Å². The third-order valence-corrected chi connectivity index (χ3v) is 5.81. The number of benzene rings is 2. The Morgan fingerprint density at radius 3 is 2.62 bits per heavy atom. The number of aromatic carboxylic acids is 1. The van der Waals surface area contributed by atoms with E-state index in [4.69, 9.17) is 9.84 Å². The predicted molar refractivity (Wildman–Crippen MR) is 98.5 cm³/mol. The lowest BCUT2D eigenvalue weighted by molar-refractivity contribution is -0.136. The second-order valence-electron chi connectivity index (χ2n) is 6.95. The summed E-state index contributed by atoms with van der Waals surface area (Å²) in [6.45, 7) is 0.350. The van der Waals surface area contributed by atoms with Gasteiger partial charge in [0.1, 0.15) is 17.1 Å². The van der Waals surface area contributed by atoms with Crippen molar-refractivity contribution in [2.75, 3.05) is 10.9 Å². The molecule has 1 heterocycles. The summed E-state index contributed by atoms with van der Waals surface area (Å²) in [6, 6.07) is 5.97. The lowest BCUT2D eigenvalue weighted by Gasteiger charge is -2.31. The minimum Gasteiger partial charge on any atom is -0.755 e. The normalized spacial score (nSPS) is 20.1. The maximum atomic E-state index is 13.7. The van der Waals surface area contributed by atoms with E-state index in [1.807, 2.05) is 0 Å². The van der Waals surface area contributed by atoms with E-state index in [0.717, 1.165) is 24.6 Å². The van der Waals surface area contributed by atoms with Crippen molar-refractivity contribution in [1.29, 1.82) is 0 Å². The van der Waals surface area contributed by atoms with Crippen LogP contribution < -0.4 is 9.04 Å². The van der Waals surface area contributed by atoms with Gasteiger partial charge < -0.3 is 19.5 Å². The molecule has 0 amide bonds. The van der Waals surface area contributed by atoms with Crippen LogP contribution in [0.4, 0.5) is 15.8 Å². The summed E-state index contributed by atoms with van der Waals surface area (Å²) in [5.41, 5.74) is -0.0860. The Hall–Kier alpha value is -2.98. The molecule has 1 aliphatic heterocycles. The van der Waals surface area contributed by atoms with Crippen molar-refractivity contribution < 1.29 is 37.7 Å². The lowest BCUT2D eigenvalue weighted by atomic mass is 9.99. The molecule has 2 N–H and O–H groups in total. The number of ether oxygens (including phenoxy) is 1. The highest BCUT2D eigenvalue weighted by Crippen LogP contribution is 2.56. The number of halogens is 1. The first-order valence-corrected chi connectivity index (χ1v) is 9.73. The number of rotatable bonds is 6. The van der Waals surface area contributed by atoms with Crippen molar-refractivity contribution in [2.45, 2.75) is 18.8 Å². The first-order valence-electron chi connectivity index (χ1n) is 8.70. The number of carbonyl (C=O) groups is 2. The van der Waals surface area contributed by atoms with Gasteiger partial charge >= 0.3 is 11.9 Å². The van der Waals surface area contributed by atoms with Crippen molar-refractivity contribution in [1.82, 2.24) is 0 Å². The van der Waals surface area contributed by atoms with Crippen LogP contribution in [-0.2, 0) is 22.5 Å². The summed E-state index contributed by atoms with van der Waals surface area (Å²) in [5.74, 6) is -2.78. The zero-order valence-corrected chi connectivity index (χ0v) is 15.6. The summed E-state index contributed by atoms with van der Waals surface area (Å²) in [4.78, 5) is 23.2. The standard InChI is InChI=1S/C19H16FNO7S/c20-11-1-3-14(9(5-11)7-16(22)23)21(29(26)27)15-4-2-12-13-6-10(13)8-28-18(12)17(15)19(24)25/h1-5,10,13H,6-8H2,(H,22,23)(H,24,25)(H,26,27)/p-1. The molecule has 3 unspecified atom stereocenters. The fraction of sp³-hybridized carbons (Fsp3) is 0.263. The topological polar surface area (TPSA) is 127 Å². The molecule has 29 heavy (non-hydrogen) atoms. The highest BCUT2D eigenvalue weighted by Gasteiger charge is 2.45. The van der Waals surface area contributed by atoms with Gasteiger partial charge in [0, 0.05) is 5.92 Å². The third kappa shape index (κ3) is 3.45. The van der Waals surface area contributed by atoms with Crippen LogP contribution >= 0.6 is 0 Å². The second kappa shape index (κ2) is 7.12. The Kier molecular flexibility index (Phi) is 4.75. The molecule has 0 bridgehead atoms. The molecule has 2 aliphatic rings. The predicted octanol–water partition coefficient (Wildman–Crippen LogP) is 2.58. The largest absolute Gasteiger partial charge is 0.755 e. The van der Waals surface area contributed by atoms with Crippen molar-refractivity contribution in [3.05, 3.63) is 52.8 Å². The van der Waals surface area contributed by atoms with E-state index in [1.165, 1.54) is 6.07 Å². The average molecular weight is 420 g/mol. The Morgan fingerprint density at radius 2 is 1.97 bits per heavy atom. The van der Waals surface area contributed by atoms with E-state index in [0.29, 0.717) is 22.4 Å². The van der Waals surface area contributed by atoms with E-state index in [2.05, 4.69) is 0 Å². The highest BCUT2D eigenvalue weighted by atomic mass is 32.2. The van der Waals surface area contributed by atoms with Crippen LogP contribution in [0.3, 0.4) is 0 Å². The lowest BCUT2D eigenvalue weighted by Crippen LogP contribution is -2.25. The van der Waals surface area contributed by atoms with Crippen molar-refractivity contribution in [2.24, 2.45) is 5.92 Å². The Bertz CT molecular complexity index is 1060. The molecule has 0 spiro atoms. The van der Waals surface area contributed by atoms with Gasteiger partial charge in [-0.15, -0.1) is 0 Å². The summed E-state index contributed by atoms with van der Waals surface area (Å²) >= 11 is -3.01. The molecule has 2 aromatic rings. The summed E-state index contributed by atoms with van der Waals surface area (Å²) in [5, 5.41) is 18.9. The molecular formula is C19H15FNO7S-. The summed E-state index contributed by atoms with van der Waals surface area (Å²) < 4.78 is 44.1. The molecule has 0 aromatic heterocycles. The molecule has 0 radical (unpaired) electrons. The fourth-order valence-corrected chi connectivity index (χ4v) is 4.41. The van der Waals surface area contributed by atoms with E-state index in [-0.39, 0.29) is 34.2 Å². The molecule has 0 saturated heterocycles. The van der Waals surface area contributed by atoms with Crippen molar-refractivity contribution in [3.8, 4) is 5.75 Å². The van der Waals surface area contributed by atoms with Gasteiger partial charge in [-0.05, 0) is 47.7 Å². The van der Waals surface area contributed by atoms with Gasteiger partial charge in [-0.2, -0.15) is 0 Å². The van der Waals surface area contributed by atoms with E-state index >= 15 is 0 Å². The Labute approximate surface area is 166 Å². The van der Waals surface area contributed by atoms with Gasteiger partial charge in [0.25, 0.3) is 0 Å². The maximum absolute atomic E-state index is 13.7. The number of fused-ring (bicyclic) bond motifs is 3. The van der Waals surface area contributed by atoms with Crippen molar-refractivity contribution in [3.63, 3.8) is 0 Å². The quantitative estimate of drug-likeness (QED) is 0.688.